The van der Waals surface area contributed by atoms with E-state index in [1.165, 1.54) is 6.20 Å². The number of aryl methyl sites for hydroxylation is 1. The third kappa shape index (κ3) is 3.18. The van der Waals surface area contributed by atoms with E-state index in [1.54, 1.807) is 24.5 Å². The third-order valence-electron chi connectivity index (χ3n) is 4.22. The minimum atomic E-state index is -0.460. The number of anilines is 1. The zero-order valence-corrected chi connectivity index (χ0v) is 15.6. The van der Waals surface area contributed by atoms with E-state index < -0.39 is 5.56 Å². The Hall–Kier alpha value is -2.09. The second-order valence-corrected chi connectivity index (χ2v) is 7.14. The van der Waals surface area contributed by atoms with Crippen LogP contribution in [-0.2, 0) is 13.0 Å². The quantitative estimate of drug-likeness (QED) is 0.716. The lowest BCUT2D eigenvalue weighted by molar-refractivity contribution is 0.441. The van der Waals surface area contributed by atoms with Crippen LogP contribution in [0.25, 0.3) is 5.69 Å². The Labute approximate surface area is 163 Å². The van der Waals surface area contributed by atoms with Crippen LogP contribution in [0.4, 0.5) is 5.69 Å². The summed E-state index contributed by atoms with van der Waals surface area (Å²) < 4.78 is 3.00. The van der Waals surface area contributed by atoms with Gasteiger partial charge in [0, 0.05) is 17.5 Å². The van der Waals surface area contributed by atoms with Crippen molar-refractivity contribution in [3.8, 4) is 5.69 Å². The van der Waals surface area contributed by atoms with Gasteiger partial charge in [0.1, 0.15) is 17.2 Å². The molecule has 1 aliphatic rings. The fourth-order valence-electron chi connectivity index (χ4n) is 2.93. The highest BCUT2D eigenvalue weighted by Crippen LogP contribution is 2.25. The molecule has 0 fully saturated rings. The molecule has 0 aliphatic carbocycles. The Morgan fingerprint density at radius 1 is 1.19 bits per heavy atom. The van der Waals surface area contributed by atoms with Crippen molar-refractivity contribution in [1.82, 2.24) is 24.5 Å². The van der Waals surface area contributed by atoms with E-state index in [4.69, 9.17) is 34.8 Å². The van der Waals surface area contributed by atoms with Gasteiger partial charge in [-0.1, -0.05) is 34.8 Å². The van der Waals surface area contributed by atoms with Crippen molar-refractivity contribution in [2.24, 2.45) is 0 Å². The molecule has 3 heterocycles. The topological polar surface area (TPSA) is 77.6 Å². The van der Waals surface area contributed by atoms with Crippen molar-refractivity contribution in [1.29, 1.82) is 0 Å². The number of aromatic nitrogens is 5. The normalized spacial score (nSPS) is 16.3. The average Bonchev–Trinajstić information content (AvgIpc) is 3.08. The van der Waals surface area contributed by atoms with Crippen LogP contribution in [0.2, 0.25) is 15.1 Å². The molecule has 0 spiro atoms. The Kier molecular flexibility index (Phi) is 4.60. The SMILES string of the molecule is O=c1c(Cl)c(NC2CCc3ncnn3C2)cnn1-c1ccc(Cl)cc1Cl. The second kappa shape index (κ2) is 6.90. The minimum Gasteiger partial charge on any atom is -0.378 e. The average molecular weight is 412 g/mol. The first-order valence-electron chi connectivity index (χ1n) is 7.89. The van der Waals surface area contributed by atoms with Crippen molar-refractivity contribution in [2.45, 2.75) is 25.4 Å². The van der Waals surface area contributed by atoms with E-state index in [-0.39, 0.29) is 11.1 Å². The summed E-state index contributed by atoms with van der Waals surface area (Å²) in [6, 6.07) is 4.88. The number of benzene rings is 1. The maximum Gasteiger partial charge on any atom is 0.292 e. The van der Waals surface area contributed by atoms with Crippen molar-refractivity contribution in [2.75, 3.05) is 5.32 Å². The Bertz CT molecular complexity index is 1030. The number of nitrogens with zero attached hydrogens (tertiary/aromatic N) is 5. The monoisotopic (exact) mass is 410 g/mol. The molecule has 0 amide bonds. The van der Waals surface area contributed by atoms with Crippen LogP contribution in [0.1, 0.15) is 12.2 Å². The maximum atomic E-state index is 12.6. The molecule has 0 radical (unpaired) electrons. The van der Waals surface area contributed by atoms with E-state index in [0.717, 1.165) is 23.3 Å². The van der Waals surface area contributed by atoms with Crippen molar-refractivity contribution in [3.63, 3.8) is 0 Å². The van der Waals surface area contributed by atoms with Gasteiger partial charge in [0.15, 0.2) is 0 Å². The fourth-order valence-corrected chi connectivity index (χ4v) is 3.61. The molecule has 4 rings (SSSR count). The molecule has 1 unspecified atom stereocenters. The van der Waals surface area contributed by atoms with Crippen molar-refractivity contribution < 1.29 is 0 Å². The molecule has 3 aromatic rings. The number of halogens is 3. The van der Waals surface area contributed by atoms with Gasteiger partial charge in [-0.3, -0.25) is 4.79 Å². The molecule has 0 saturated carbocycles. The van der Waals surface area contributed by atoms with Gasteiger partial charge in [0.2, 0.25) is 0 Å². The van der Waals surface area contributed by atoms with Gasteiger partial charge >= 0.3 is 0 Å². The van der Waals surface area contributed by atoms with Crippen LogP contribution >= 0.6 is 34.8 Å². The lowest BCUT2D eigenvalue weighted by Gasteiger charge is -2.24. The third-order valence-corrected chi connectivity index (χ3v) is 5.13. The molecule has 1 N–H and O–H groups in total. The Morgan fingerprint density at radius 3 is 2.85 bits per heavy atom. The first kappa shape index (κ1) is 17.3. The van der Waals surface area contributed by atoms with Gasteiger partial charge in [0.25, 0.3) is 5.56 Å². The van der Waals surface area contributed by atoms with Crippen LogP contribution < -0.4 is 10.9 Å². The number of fused-ring (bicyclic) bond motifs is 1. The molecule has 2 aromatic heterocycles. The largest absolute Gasteiger partial charge is 0.378 e. The second-order valence-electron chi connectivity index (χ2n) is 5.92. The van der Waals surface area contributed by atoms with Crippen LogP contribution in [0.5, 0.6) is 0 Å². The zero-order chi connectivity index (χ0) is 18.3. The highest BCUT2D eigenvalue weighted by Gasteiger charge is 2.21. The fraction of sp³-hybridized carbons (Fsp3) is 0.250. The zero-order valence-electron chi connectivity index (χ0n) is 13.4. The van der Waals surface area contributed by atoms with Gasteiger partial charge in [0.05, 0.1) is 29.1 Å². The number of rotatable bonds is 3. The van der Waals surface area contributed by atoms with E-state index in [0.29, 0.717) is 28.0 Å². The van der Waals surface area contributed by atoms with Crippen LogP contribution in [0, 0.1) is 0 Å². The van der Waals surface area contributed by atoms with Gasteiger partial charge < -0.3 is 5.32 Å². The Morgan fingerprint density at radius 2 is 2.04 bits per heavy atom. The van der Waals surface area contributed by atoms with Gasteiger partial charge in [-0.2, -0.15) is 14.9 Å². The van der Waals surface area contributed by atoms with Crippen LogP contribution in [0.15, 0.2) is 35.5 Å². The highest BCUT2D eigenvalue weighted by atomic mass is 35.5. The molecular weight excluding hydrogens is 399 g/mol. The van der Waals surface area contributed by atoms with Crippen molar-refractivity contribution >= 4 is 40.5 Å². The molecule has 7 nitrogen and oxygen atoms in total. The first-order chi connectivity index (χ1) is 12.5. The summed E-state index contributed by atoms with van der Waals surface area (Å²) in [6.07, 6.45) is 4.73. The summed E-state index contributed by atoms with van der Waals surface area (Å²) >= 11 is 18.3. The summed E-state index contributed by atoms with van der Waals surface area (Å²) in [6.45, 7) is 0.651. The standard InChI is InChI=1S/C16H13Cl3N6O/c17-9-1-3-13(11(18)5-9)25-16(26)15(19)12(6-21-25)23-10-2-4-14-20-8-22-24(14)7-10/h1,3,5-6,8,10,23H,2,4,7H2. The summed E-state index contributed by atoms with van der Waals surface area (Å²) in [7, 11) is 0. The van der Waals surface area contributed by atoms with Crippen LogP contribution in [0.3, 0.4) is 0 Å². The summed E-state index contributed by atoms with van der Waals surface area (Å²) in [4.78, 5) is 16.8. The van der Waals surface area contributed by atoms with Crippen LogP contribution in [-0.4, -0.2) is 30.6 Å². The van der Waals surface area contributed by atoms with E-state index in [9.17, 15) is 4.79 Å². The van der Waals surface area contributed by atoms with E-state index in [1.807, 2.05) is 4.68 Å². The molecule has 0 saturated heterocycles. The summed E-state index contributed by atoms with van der Waals surface area (Å²) in [5.41, 5.74) is 0.434. The number of nitrogens with one attached hydrogen (secondary N) is 1. The molecule has 1 atom stereocenters. The summed E-state index contributed by atoms with van der Waals surface area (Å²) in [5, 5.41) is 12.5. The molecule has 134 valence electrons. The van der Waals surface area contributed by atoms with Gasteiger partial charge in [-0.05, 0) is 24.6 Å². The lowest BCUT2D eigenvalue weighted by atomic mass is 10.1. The van der Waals surface area contributed by atoms with Gasteiger partial charge in [-0.25, -0.2) is 9.67 Å². The molecule has 1 aromatic carbocycles. The number of hydrogen-bond acceptors (Lipinski definition) is 5. The van der Waals surface area contributed by atoms with Gasteiger partial charge in [-0.15, -0.1) is 0 Å². The molecule has 10 heteroatoms. The maximum absolute atomic E-state index is 12.6. The predicted octanol–water partition coefficient (Wildman–Crippen LogP) is 3.21. The lowest BCUT2D eigenvalue weighted by Crippen LogP contribution is -2.33. The predicted molar refractivity (Wildman–Crippen MR) is 101 cm³/mol. The molecule has 1 aliphatic heterocycles. The molecule has 26 heavy (non-hydrogen) atoms. The van der Waals surface area contributed by atoms with Crippen molar-refractivity contribution in [3.05, 3.63) is 62.0 Å². The van der Waals surface area contributed by atoms with E-state index >= 15 is 0 Å². The molecular formula is C16H13Cl3N6O. The summed E-state index contributed by atoms with van der Waals surface area (Å²) in [5.74, 6) is 0.958. The smallest absolute Gasteiger partial charge is 0.292 e. The highest BCUT2D eigenvalue weighted by molar-refractivity contribution is 6.36. The Balaban J connectivity index is 1.61. The first-order valence-corrected chi connectivity index (χ1v) is 9.03. The van der Waals surface area contributed by atoms with E-state index in [2.05, 4.69) is 20.5 Å². The minimum absolute atomic E-state index is 0.0513. The molecule has 0 bridgehead atoms. The number of hydrogen-bond donors (Lipinski definition) is 1.